The molecule has 0 radical (unpaired) electrons. The van der Waals surface area contributed by atoms with Crippen LogP contribution < -0.4 is 0 Å². The van der Waals surface area contributed by atoms with Crippen molar-refractivity contribution in [2.45, 2.75) is 5.75 Å². The van der Waals surface area contributed by atoms with Gasteiger partial charge in [-0.3, -0.25) is 0 Å². The molecule has 78 valence electrons. The van der Waals surface area contributed by atoms with Gasteiger partial charge < -0.3 is 4.98 Å². The first-order chi connectivity index (χ1) is 7.25. The first-order valence-electron chi connectivity index (χ1n) is 4.60. The molecular weight excluding hydrogens is 210 g/mol. The van der Waals surface area contributed by atoms with Crippen LogP contribution in [-0.4, -0.2) is 13.4 Å². The first kappa shape index (κ1) is 9.98. The van der Waals surface area contributed by atoms with Crippen molar-refractivity contribution in [1.82, 2.24) is 4.98 Å². The lowest BCUT2D eigenvalue weighted by atomic mass is 10.1. The maximum absolute atomic E-state index is 10.5. The number of nitrogens with one attached hydrogen (secondary N) is 1. The van der Waals surface area contributed by atoms with E-state index in [1.807, 2.05) is 42.6 Å². The summed E-state index contributed by atoms with van der Waals surface area (Å²) in [6.45, 7) is 0. The van der Waals surface area contributed by atoms with E-state index >= 15 is 0 Å². The third-order valence-corrected chi connectivity index (χ3v) is 2.80. The van der Waals surface area contributed by atoms with Gasteiger partial charge in [-0.15, -0.1) is 0 Å². The topological polar surface area (TPSA) is 49.9 Å². The van der Waals surface area contributed by atoms with Crippen molar-refractivity contribution in [2.75, 3.05) is 0 Å². The maximum atomic E-state index is 10.5. The van der Waals surface area contributed by atoms with Crippen LogP contribution in [0.1, 0.15) is 5.56 Å². The average Bonchev–Trinajstić information content (AvgIpc) is 2.71. The molecule has 1 aromatic carbocycles. The summed E-state index contributed by atoms with van der Waals surface area (Å²) in [7, 11) is -2.34. The number of thiol groups is 1. The van der Waals surface area contributed by atoms with E-state index in [0.29, 0.717) is 0 Å². The Morgan fingerprint density at radius 2 is 1.80 bits per heavy atom. The lowest BCUT2D eigenvalue weighted by molar-refractivity contribution is 0.614. The van der Waals surface area contributed by atoms with Gasteiger partial charge in [0.05, 0.1) is 5.75 Å². The molecule has 15 heavy (non-hydrogen) atoms. The fourth-order valence-corrected chi connectivity index (χ4v) is 1.96. The molecule has 0 aliphatic heterocycles. The summed E-state index contributed by atoms with van der Waals surface area (Å²) in [6, 6.07) is 11.4. The predicted molar refractivity (Wildman–Crippen MR) is 60.2 cm³/mol. The van der Waals surface area contributed by atoms with Gasteiger partial charge in [-0.1, -0.05) is 24.3 Å². The number of hydrogen-bond acceptors (Lipinski definition) is 2. The van der Waals surface area contributed by atoms with Gasteiger partial charge in [-0.25, -0.2) is 8.42 Å². The first-order valence-corrected chi connectivity index (χ1v) is 5.96. The van der Waals surface area contributed by atoms with Crippen molar-refractivity contribution in [1.29, 1.82) is 0 Å². The largest absolute Gasteiger partial charge is 0.361 e. The van der Waals surface area contributed by atoms with Crippen LogP contribution in [0.15, 0.2) is 42.6 Å². The van der Waals surface area contributed by atoms with Gasteiger partial charge in [0.2, 0.25) is 0 Å². The summed E-state index contributed by atoms with van der Waals surface area (Å²) in [5.74, 6) is 0.111. The highest BCUT2D eigenvalue weighted by molar-refractivity contribution is 7.71. The highest BCUT2D eigenvalue weighted by Gasteiger charge is 1.98. The summed E-state index contributed by atoms with van der Waals surface area (Å²) >= 11 is 0. The van der Waals surface area contributed by atoms with Crippen LogP contribution in [0.25, 0.3) is 11.3 Å². The van der Waals surface area contributed by atoms with Crippen LogP contribution >= 0.6 is 0 Å². The molecule has 2 aromatic rings. The van der Waals surface area contributed by atoms with Gasteiger partial charge in [0.1, 0.15) is 10.7 Å². The minimum atomic E-state index is -2.34. The second-order valence-corrected chi connectivity index (χ2v) is 4.25. The lowest BCUT2D eigenvalue weighted by Crippen LogP contribution is -1.86. The Bertz CT molecular complexity index is 490. The molecular formula is C11H11NO2S. The molecule has 0 spiro atoms. The molecule has 0 atom stereocenters. The number of rotatable bonds is 3. The van der Waals surface area contributed by atoms with Crippen LogP contribution in [0.3, 0.4) is 0 Å². The monoisotopic (exact) mass is 221 g/mol. The van der Waals surface area contributed by atoms with E-state index in [-0.39, 0.29) is 5.75 Å². The zero-order valence-corrected chi connectivity index (χ0v) is 8.91. The fourth-order valence-electron chi connectivity index (χ4n) is 1.45. The molecule has 0 amide bonds. The second-order valence-electron chi connectivity index (χ2n) is 3.27. The third kappa shape index (κ3) is 2.47. The summed E-state index contributed by atoms with van der Waals surface area (Å²) in [6.07, 6.45) is 1.86. The predicted octanol–water partition coefficient (Wildman–Crippen LogP) is 1.79. The number of benzene rings is 1. The molecule has 1 aromatic heterocycles. The van der Waals surface area contributed by atoms with E-state index in [9.17, 15) is 8.42 Å². The van der Waals surface area contributed by atoms with Crippen molar-refractivity contribution in [3.05, 3.63) is 48.2 Å². The lowest BCUT2D eigenvalue weighted by Gasteiger charge is -1.99. The van der Waals surface area contributed by atoms with E-state index < -0.39 is 10.7 Å². The molecule has 0 aliphatic rings. The minimum absolute atomic E-state index is 0.111. The fraction of sp³-hybridized carbons (Fsp3) is 0.0909. The zero-order valence-electron chi connectivity index (χ0n) is 8.01. The number of aromatic amines is 1. The van der Waals surface area contributed by atoms with E-state index in [2.05, 4.69) is 4.98 Å². The second kappa shape index (κ2) is 4.31. The summed E-state index contributed by atoms with van der Waals surface area (Å²) in [4.78, 5) is 3.09. The Labute approximate surface area is 89.7 Å². The highest BCUT2D eigenvalue weighted by Crippen LogP contribution is 2.17. The van der Waals surface area contributed by atoms with Gasteiger partial charge in [-0.05, 0) is 23.3 Å². The standard InChI is InChI=1S/C11H11NO2S/c13-15(14)8-9-3-5-10(6-4-9)11-2-1-7-12-11/h1-7,12,15H,8H2. The van der Waals surface area contributed by atoms with Crippen molar-refractivity contribution in [3.8, 4) is 11.3 Å². The molecule has 4 heteroatoms. The Morgan fingerprint density at radius 1 is 1.07 bits per heavy atom. The Morgan fingerprint density at radius 3 is 2.33 bits per heavy atom. The summed E-state index contributed by atoms with van der Waals surface area (Å²) in [5, 5.41) is 0. The van der Waals surface area contributed by atoms with E-state index in [1.54, 1.807) is 0 Å². The average molecular weight is 221 g/mol. The van der Waals surface area contributed by atoms with Crippen molar-refractivity contribution in [3.63, 3.8) is 0 Å². The van der Waals surface area contributed by atoms with Crippen LogP contribution in [0, 0.1) is 0 Å². The molecule has 0 saturated heterocycles. The quantitative estimate of drug-likeness (QED) is 0.776. The smallest absolute Gasteiger partial charge is 0.144 e. The van der Waals surface area contributed by atoms with E-state index in [0.717, 1.165) is 16.8 Å². The van der Waals surface area contributed by atoms with Crippen molar-refractivity contribution in [2.24, 2.45) is 0 Å². The highest BCUT2D eigenvalue weighted by atomic mass is 32.2. The number of H-pyrrole nitrogens is 1. The van der Waals surface area contributed by atoms with Gasteiger partial charge in [0, 0.05) is 11.9 Å². The molecule has 1 N–H and O–H groups in total. The molecule has 0 unspecified atom stereocenters. The summed E-state index contributed by atoms with van der Waals surface area (Å²) < 4.78 is 21.0. The zero-order chi connectivity index (χ0) is 10.7. The van der Waals surface area contributed by atoms with Crippen LogP contribution in [0.4, 0.5) is 0 Å². The molecule has 0 aliphatic carbocycles. The Kier molecular flexibility index (Phi) is 2.87. The van der Waals surface area contributed by atoms with Crippen molar-refractivity contribution < 1.29 is 8.42 Å². The number of aromatic nitrogens is 1. The van der Waals surface area contributed by atoms with Gasteiger partial charge in [0.25, 0.3) is 0 Å². The van der Waals surface area contributed by atoms with Gasteiger partial charge in [-0.2, -0.15) is 0 Å². The minimum Gasteiger partial charge on any atom is -0.361 e. The molecule has 3 nitrogen and oxygen atoms in total. The van der Waals surface area contributed by atoms with Crippen LogP contribution in [-0.2, 0) is 16.5 Å². The normalized spacial score (nSPS) is 10.7. The molecule has 0 saturated carbocycles. The van der Waals surface area contributed by atoms with Crippen LogP contribution in [0.5, 0.6) is 0 Å². The van der Waals surface area contributed by atoms with E-state index in [1.165, 1.54) is 0 Å². The molecule has 0 fully saturated rings. The van der Waals surface area contributed by atoms with Crippen molar-refractivity contribution >= 4 is 10.7 Å². The summed E-state index contributed by atoms with van der Waals surface area (Å²) in [5.41, 5.74) is 2.92. The Balaban J connectivity index is 2.24. The third-order valence-electron chi connectivity index (χ3n) is 2.17. The van der Waals surface area contributed by atoms with E-state index in [4.69, 9.17) is 0 Å². The molecule has 1 heterocycles. The number of hydrogen-bond donors (Lipinski definition) is 2. The molecule has 0 bridgehead atoms. The SMILES string of the molecule is O=[SH](=O)Cc1ccc(-c2ccc[nH]2)cc1. The molecule has 2 rings (SSSR count). The van der Waals surface area contributed by atoms with Crippen LogP contribution in [0.2, 0.25) is 0 Å². The Hall–Kier alpha value is -1.55. The maximum Gasteiger partial charge on any atom is 0.144 e. The van der Waals surface area contributed by atoms with Gasteiger partial charge >= 0.3 is 0 Å². The van der Waals surface area contributed by atoms with Gasteiger partial charge in [0.15, 0.2) is 0 Å².